The second-order valence-electron chi connectivity index (χ2n) is 7.28. The van der Waals surface area contributed by atoms with Crippen molar-refractivity contribution in [3.05, 3.63) is 23.9 Å². The summed E-state index contributed by atoms with van der Waals surface area (Å²) in [5, 5.41) is 6.75. The van der Waals surface area contributed by atoms with Crippen molar-refractivity contribution >= 4 is 11.9 Å². The molecule has 0 aromatic carbocycles. The van der Waals surface area contributed by atoms with Crippen LogP contribution in [0.1, 0.15) is 45.1 Å². The summed E-state index contributed by atoms with van der Waals surface area (Å²) in [6.07, 6.45) is 5.82. The van der Waals surface area contributed by atoms with Crippen LogP contribution in [-0.2, 0) is 11.3 Å². The van der Waals surface area contributed by atoms with Crippen molar-refractivity contribution in [2.75, 3.05) is 26.2 Å². The van der Waals surface area contributed by atoms with E-state index in [1.165, 1.54) is 12.8 Å². The Bertz CT molecular complexity index is 660. The lowest BCUT2D eigenvalue weighted by molar-refractivity contribution is -0.129. The molecular formula is C20H31N5O2. The van der Waals surface area contributed by atoms with Gasteiger partial charge in [0.2, 0.25) is 11.8 Å². The first-order valence-electron chi connectivity index (χ1n) is 10.1. The molecule has 1 aromatic heterocycles. The molecular weight excluding hydrogens is 342 g/mol. The van der Waals surface area contributed by atoms with Crippen LogP contribution < -0.4 is 15.4 Å². The highest BCUT2D eigenvalue weighted by Gasteiger charge is 2.25. The van der Waals surface area contributed by atoms with E-state index in [2.05, 4.69) is 22.5 Å². The molecule has 2 heterocycles. The van der Waals surface area contributed by atoms with E-state index < -0.39 is 0 Å². The molecule has 3 rings (SSSR count). The van der Waals surface area contributed by atoms with Gasteiger partial charge in [-0.05, 0) is 43.7 Å². The van der Waals surface area contributed by atoms with Gasteiger partial charge in [0.05, 0.1) is 13.2 Å². The minimum Gasteiger partial charge on any atom is -0.477 e. The summed E-state index contributed by atoms with van der Waals surface area (Å²) in [6, 6.07) is 4.18. The predicted molar refractivity (Wildman–Crippen MR) is 106 cm³/mol. The summed E-state index contributed by atoms with van der Waals surface area (Å²) in [5.41, 5.74) is 1.07. The predicted octanol–water partition coefficient (Wildman–Crippen LogP) is 1.94. The highest BCUT2D eigenvalue weighted by atomic mass is 16.5. The van der Waals surface area contributed by atoms with Crippen LogP contribution in [0.2, 0.25) is 0 Å². The van der Waals surface area contributed by atoms with Crippen LogP contribution in [0.25, 0.3) is 0 Å². The average molecular weight is 374 g/mol. The van der Waals surface area contributed by atoms with Crippen LogP contribution in [-0.4, -0.2) is 54.0 Å². The van der Waals surface area contributed by atoms with Crippen molar-refractivity contribution in [1.29, 1.82) is 0 Å². The molecule has 2 N–H and O–H groups in total. The topological polar surface area (TPSA) is 78.9 Å². The molecule has 1 saturated heterocycles. The number of carbonyl (C=O) groups excluding carboxylic acids is 1. The molecule has 2 aliphatic rings. The molecule has 1 atom stereocenters. The fraction of sp³-hybridized carbons (Fsp3) is 0.650. The van der Waals surface area contributed by atoms with Gasteiger partial charge in [0, 0.05) is 44.4 Å². The Morgan fingerprint density at radius 1 is 1.37 bits per heavy atom. The van der Waals surface area contributed by atoms with Crippen molar-refractivity contribution in [3.8, 4) is 5.88 Å². The van der Waals surface area contributed by atoms with E-state index in [0.29, 0.717) is 24.8 Å². The van der Waals surface area contributed by atoms with E-state index in [-0.39, 0.29) is 11.9 Å². The molecule has 7 nitrogen and oxygen atoms in total. The summed E-state index contributed by atoms with van der Waals surface area (Å²) < 4.78 is 5.75. The van der Waals surface area contributed by atoms with Gasteiger partial charge < -0.3 is 20.3 Å². The molecule has 7 heteroatoms. The van der Waals surface area contributed by atoms with Crippen molar-refractivity contribution < 1.29 is 9.53 Å². The Balaban J connectivity index is 1.54. The fourth-order valence-corrected chi connectivity index (χ4v) is 3.13. The van der Waals surface area contributed by atoms with Gasteiger partial charge in [0.1, 0.15) is 0 Å². The maximum Gasteiger partial charge on any atom is 0.222 e. The van der Waals surface area contributed by atoms with E-state index in [0.717, 1.165) is 44.2 Å². The summed E-state index contributed by atoms with van der Waals surface area (Å²) in [7, 11) is 0. The monoisotopic (exact) mass is 373 g/mol. The maximum atomic E-state index is 11.8. The number of rotatable bonds is 8. The number of aliphatic imine (C=N–C) groups is 1. The number of hydrogen-bond acceptors (Lipinski definition) is 4. The SMILES string of the molecule is CCNC(=NCc1ccnc(OCC2CC2)c1)NC1CCN(C(=O)CC)C1. The number of pyridine rings is 1. The largest absolute Gasteiger partial charge is 0.477 e. The second-order valence-corrected chi connectivity index (χ2v) is 7.28. The Kier molecular flexibility index (Phi) is 6.90. The van der Waals surface area contributed by atoms with Crippen LogP contribution in [0, 0.1) is 5.92 Å². The number of aromatic nitrogens is 1. The lowest BCUT2D eigenvalue weighted by Crippen LogP contribution is -2.45. The summed E-state index contributed by atoms with van der Waals surface area (Å²) >= 11 is 0. The van der Waals surface area contributed by atoms with Gasteiger partial charge >= 0.3 is 0 Å². The minimum atomic E-state index is 0.219. The molecule has 148 valence electrons. The van der Waals surface area contributed by atoms with E-state index in [1.807, 2.05) is 24.0 Å². The molecule has 1 aliphatic carbocycles. The van der Waals surface area contributed by atoms with E-state index in [1.54, 1.807) is 6.20 Å². The molecule has 2 fully saturated rings. The number of amides is 1. The molecule has 0 radical (unpaired) electrons. The maximum absolute atomic E-state index is 11.8. The quantitative estimate of drug-likeness (QED) is 0.538. The first kappa shape index (κ1) is 19.5. The van der Waals surface area contributed by atoms with Gasteiger partial charge in [-0.25, -0.2) is 9.98 Å². The van der Waals surface area contributed by atoms with Gasteiger partial charge in [0.25, 0.3) is 0 Å². The number of ether oxygens (including phenoxy) is 1. The van der Waals surface area contributed by atoms with Crippen LogP contribution in [0.15, 0.2) is 23.3 Å². The summed E-state index contributed by atoms with van der Waals surface area (Å²) in [4.78, 5) is 22.7. The standard InChI is InChI=1S/C20H31N5O2/c1-3-19(26)25-10-8-17(13-25)24-20(21-4-2)23-12-16-7-9-22-18(11-16)27-14-15-5-6-15/h7,9,11,15,17H,3-6,8,10,12-14H2,1-2H3,(H2,21,23,24). The van der Waals surface area contributed by atoms with Crippen molar-refractivity contribution in [2.24, 2.45) is 10.9 Å². The number of carbonyl (C=O) groups is 1. The summed E-state index contributed by atoms with van der Waals surface area (Å²) in [6.45, 7) is 7.63. The zero-order chi connectivity index (χ0) is 19.1. The van der Waals surface area contributed by atoms with E-state index in [4.69, 9.17) is 9.73 Å². The van der Waals surface area contributed by atoms with Crippen LogP contribution in [0.5, 0.6) is 5.88 Å². The third kappa shape index (κ3) is 6.12. The Labute approximate surface area is 161 Å². The smallest absolute Gasteiger partial charge is 0.222 e. The number of nitrogens with zero attached hydrogens (tertiary/aromatic N) is 3. The van der Waals surface area contributed by atoms with E-state index in [9.17, 15) is 4.79 Å². The van der Waals surface area contributed by atoms with Crippen molar-refractivity contribution in [2.45, 2.75) is 52.1 Å². The Morgan fingerprint density at radius 2 is 2.22 bits per heavy atom. The normalized spacial score (nSPS) is 19.9. The fourth-order valence-electron chi connectivity index (χ4n) is 3.13. The zero-order valence-corrected chi connectivity index (χ0v) is 16.4. The molecule has 0 spiro atoms. The number of likely N-dealkylation sites (tertiary alicyclic amines) is 1. The van der Waals surface area contributed by atoms with Crippen molar-refractivity contribution in [1.82, 2.24) is 20.5 Å². The zero-order valence-electron chi connectivity index (χ0n) is 16.4. The lowest BCUT2D eigenvalue weighted by Gasteiger charge is -2.18. The third-order valence-electron chi connectivity index (χ3n) is 4.91. The van der Waals surface area contributed by atoms with Gasteiger partial charge in [0.15, 0.2) is 5.96 Å². The molecule has 1 saturated carbocycles. The highest BCUT2D eigenvalue weighted by Crippen LogP contribution is 2.29. The molecule has 27 heavy (non-hydrogen) atoms. The minimum absolute atomic E-state index is 0.219. The van der Waals surface area contributed by atoms with Crippen LogP contribution in [0.3, 0.4) is 0 Å². The molecule has 1 amide bonds. The molecule has 1 unspecified atom stereocenters. The van der Waals surface area contributed by atoms with E-state index >= 15 is 0 Å². The molecule has 1 aliphatic heterocycles. The van der Waals surface area contributed by atoms with Gasteiger partial charge in [-0.2, -0.15) is 0 Å². The van der Waals surface area contributed by atoms with Crippen LogP contribution in [0.4, 0.5) is 0 Å². The Morgan fingerprint density at radius 3 is 2.96 bits per heavy atom. The molecule has 0 bridgehead atoms. The van der Waals surface area contributed by atoms with Crippen LogP contribution >= 0.6 is 0 Å². The summed E-state index contributed by atoms with van der Waals surface area (Å²) in [5.74, 6) is 2.39. The third-order valence-corrected chi connectivity index (χ3v) is 4.91. The number of nitrogens with one attached hydrogen (secondary N) is 2. The van der Waals surface area contributed by atoms with Gasteiger partial charge in [-0.15, -0.1) is 0 Å². The van der Waals surface area contributed by atoms with Crippen molar-refractivity contribution in [3.63, 3.8) is 0 Å². The number of guanidine groups is 1. The van der Waals surface area contributed by atoms with Gasteiger partial charge in [-0.1, -0.05) is 6.92 Å². The number of hydrogen-bond donors (Lipinski definition) is 2. The highest BCUT2D eigenvalue weighted by molar-refractivity contribution is 5.80. The lowest BCUT2D eigenvalue weighted by atomic mass is 10.2. The Hall–Kier alpha value is -2.31. The molecule has 1 aromatic rings. The first-order chi connectivity index (χ1) is 13.2. The second kappa shape index (κ2) is 9.58. The van der Waals surface area contributed by atoms with Gasteiger partial charge in [-0.3, -0.25) is 4.79 Å². The average Bonchev–Trinajstić information content (AvgIpc) is 3.41. The first-order valence-corrected chi connectivity index (χ1v) is 10.1.